The van der Waals surface area contributed by atoms with E-state index in [9.17, 15) is 10.2 Å². The molecule has 0 aromatic carbocycles. The van der Waals surface area contributed by atoms with Crippen LogP contribution in [0.3, 0.4) is 0 Å². The number of aromatic nitrogens is 1. The molecule has 0 aliphatic heterocycles. The number of rotatable bonds is 7. The van der Waals surface area contributed by atoms with Gasteiger partial charge in [0, 0.05) is 13.2 Å². The summed E-state index contributed by atoms with van der Waals surface area (Å²) < 4.78 is 15.7. The molecule has 7 nitrogen and oxygen atoms in total. The Bertz CT molecular complexity index is 324. The Hall–Kier alpha value is -1.60. The summed E-state index contributed by atoms with van der Waals surface area (Å²) in [6.07, 6.45) is 0. The quantitative estimate of drug-likeness (QED) is 0.508. The average molecular weight is 233 g/mol. The highest BCUT2D eigenvalue weighted by atomic mass is 16.7. The van der Waals surface area contributed by atoms with Gasteiger partial charge in [0.2, 0.25) is 5.88 Å². The van der Waals surface area contributed by atoms with E-state index in [1.54, 1.807) is 7.11 Å². The van der Waals surface area contributed by atoms with Crippen LogP contribution < -0.4 is 9.57 Å². The number of aromatic hydroxyl groups is 2. The van der Waals surface area contributed by atoms with E-state index in [0.29, 0.717) is 13.2 Å². The second-order valence-corrected chi connectivity index (χ2v) is 2.83. The predicted molar refractivity (Wildman–Crippen MR) is 53.6 cm³/mol. The largest absolute Gasteiger partial charge is 0.492 e. The summed E-state index contributed by atoms with van der Waals surface area (Å²) in [6.45, 7) is 0.790. The number of ether oxygens (including phenoxy) is 3. The van der Waals surface area contributed by atoms with Crippen LogP contribution in [0.2, 0.25) is 0 Å². The van der Waals surface area contributed by atoms with Gasteiger partial charge in [-0.05, 0) is 0 Å². The van der Waals surface area contributed by atoms with Crippen molar-refractivity contribution in [3.63, 3.8) is 0 Å². The standard InChI is InChI=1S/C9H15NO6/c1-13-3-4-15-6-16-7-5-8(11)10(14-2)9(7)12/h5,11-12H,3-4,6H2,1-2H3. The fraction of sp³-hybridized carbons (Fsp3) is 0.556. The molecule has 16 heavy (non-hydrogen) atoms. The lowest BCUT2D eigenvalue weighted by Crippen LogP contribution is -2.08. The van der Waals surface area contributed by atoms with Crippen LogP contribution in [0.25, 0.3) is 0 Å². The molecule has 0 unspecified atom stereocenters. The highest BCUT2D eigenvalue weighted by molar-refractivity contribution is 5.40. The van der Waals surface area contributed by atoms with E-state index in [-0.39, 0.29) is 24.3 Å². The molecule has 0 saturated heterocycles. The van der Waals surface area contributed by atoms with Crippen LogP contribution in [0.1, 0.15) is 0 Å². The molecule has 0 atom stereocenters. The van der Waals surface area contributed by atoms with Crippen LogP contribution in [0.15, 0.2) is 6.07 Å². The van der Waals surface area contributed by atoms with Gasteiger partial charge in [-0.25, -0.2) is 0 Å². The lowest BCUT2D eigenvalue weighted by molar-refractivity contribution is -0.0102. The van der Waals surface area contributed by atoms with E-state index < -0.39 is 0 Å². The normalized spacial score (nSPS) is 10.4. The average Bonchev–Trinajstić information content (AvgIpc) is 2.53. The van der Waals surface area contributed by atoms with Crippen molar-refractivity contribution in [3.8, 4) is 17.5 Å². The topological polar surface area (TPSA) is 82.3 Å². The summed E-state index contributed by atoms with van der Waals surface area (Å²) in [5.74, 6) is -0.501. The third kappa shape index (κ3) is 2.94. The molecule has 1 rings (SSSR count). The summed E-state index contributed by atoms with van der Waals surface area (Å²) in [5.41, 5.74) is 0. The maximum Gasteiger partial charge on any atom is 0.272 e. The zero-order valence-corrected chi connectivity index (χ0v) is 9.17. The molecule has 7 heteroatoms. The summed E-state index contributed by atoms with van der Waals surface area (Å²) >= 11 is 0. The summed E-state index contributed by atoms with van der Waals surface area (Å²) in [5, 5.41) is 18.8. The molecule has 0 fully saturated rings. The van der Waals surface area contributed by atoms with Crippen LogP contribution in [0.5, 0.6) is 17.5 Å². The molecule has 0 amide bonds. The van der Waals surface area contributed by atoms with Gasteiger partial charge in [0.25, 0.3) is 5.88 Å². The van der Waals surface area contributed by atoms with Gasteiger partial charge in [0.1, 0.15) is 7.11 Å². The molecule has 0 spiro atoms. The van der Waals surface area contributed by atoms with Gasteiger partial charge < -0.3 is 29.3 Å². The van der Waals surface area contributed by atoms with Crippen molar-refractivity contribution < 1.29 is 29.3 Å². The number of hydrogen-bond donors (Lipinski definition) is 2. The third-order valence-corrected chi connectivity index (χ3v) is 1.79. The number of methoxy groups -OCH3 is 1. The van der Waals surface area contributed by atoms with E-state index in [1.807, 2.05) is 0 Å². The number of nitrogens with zero attached hydrogens (tertiary/aromatic N) is 1. The maximum absolute atomic E-state index is 9.49. The SMILES string of the molecule is COCCOCOc1cc(O)n(OC)c1O. The molecule has 0 aliphatic rings. The van der Waals surface area contributed by atoms with E-state index in [1.165, 1.54) is 13.2 Å². The van der Waals surface area contributed by atoms with Crippen molar-refractivity contribution in [2.45, 2.75) is 0 Å². The molecular weight excluding hydrogens is 218 g/mol. The molecule has 92 valence electrons. The first kappa shape index (κ1) is 12.5. The van der Waals surface area contributed by atoms with Crippen LogP contribution in [-0.2, 0) is 9.47 Å². The van der Waals surface area contributed by atoms with Gasteiger partial charge in [-0.1, -0.05) is 0 Å². The zero-order chi connectivity index (χ0) is 12.0. The molecule has 0 radical (unpaired) electrons. The van der Waals surface area contributed by atoms with Crippen molar-refractivity contribution in [2.24, 2.45) is 0 Å². The fourth-order valence-electron chi connectivity index (χ4n) is 1.04. The van der Waals surface area contributed by atoms with E-state index >= 15 is 0 Å². The second kappa shape index (κ2) is 6.09. The van der Waals surface area contributed by atoms with Gasteiger partial charge in [-0.3, -0.25) is 0 Å². The predicted octanol–water partition coefficient (Wildman–Crippen LogP) is -0.0430. The minimum Gasteiger partial charge on any atom is -0.492 e. The Morgan fingerprint density at radius 1 is 1.25 bits per heavy atom. The van der Waals surface area contributed by atoms with Crippen molar-refractivity contribution in [1.82, 2.24) is 4.73 Å². The van der Waals surface area contributed by atoms with E-state index in [2.05, 4.69) is 4.84 Å². The first-order chi connectivity index (χ1) is 7.70. The Kier molecular flexibility index (Phi) is 4.74. The van der Waals surface area contributed by atoms with Crippen molar-refractivity contribution in [2.75, 3.05) is 34.2 Å². The first-order valence-corrected chi connectivity index (χ1v) is 4.58. The van der Waals surface area contributed by atoms with Crippen molar-refractivity contribution in [3.05, 3.63) is 6.07 Å². The van der Waals surface area contributed by atoms with Gasteiger partial charge in [0.05, 0.1) is 13.2 Å². The summed E-state index contributed by atoms with van der Waals surface area (Å²) in [6, 6.07) is 1.22. The molecule has 1 aromatic heterocycles. The fourth-order valence-corrected chi connectivity index (χ4v) is 1.04. The highest BCUT2D eigenvalue weighted by Gasteiger charge is 2.15. The lowest BCUT2D eigenvalue weighted by atomic mass is 10.6. The molecule has 1 heterocycles. The van der Waals surface area contributed by atoms with Crippen LogP contribution in [0.4, 0.5) is 0 Å². The summed E-state index contributed by atoms with van der Waals surface area (Å²) in [4.78, 5) is 4.68. The third-order valence-electron chi connectivity index (χ3n) is 1.79. The monoisotopic (exact) mass is 233 g/mol. The Morgan fingerprint density at radius 2 is 2.00 bits per heavy atom. The molecule has 1 aromatic rings. The van der Waals surface area contributed by atoms with Crippen LogP contribution in [-0.4, -0.2) is 49.2 Å². The van der Waals surface area contributed by atoms with E-state index in [4.69, 9.17) is 14.2 Å². The number of hydrogen-bond acceptors (Lipinski definition) is 6. The minimum atomic E-state index is -0.324. The van der Waals surface area contributed by atoms with Gasteiger partial charge in [-0.2, -0.15) is 0 Å². The van der Waals surface area contributed by atoms with Crippen molar-refractivity contribution >= 4 is 0 Å². The Balaban J connectivity index is 2.42. The van der Waals surface area contributed by atoms with E-state index in [0.717, 1.165) is 4.73 Å². The molecule has 0 aliphatic carbocycles. The lowest BCUT2D eigenvalue weighted by Gasteiger charge is -2.06. The molecule has 0 saturated carbocycles. The molecule has 0 bridgehead atoms. The molecule has 2 N–H and O–H groups in total. The van der Waals surface area contributed by atoms with Gasteiger partial charge in [0.15, 0.2) is 12.5 Å². The van der Waals surface area contributed by atoms with Crippen molar-refractivity contribution in [1.29, 1.82) is 0 Å². The maximum atomic E-state index is 9.49. The first-order valence-electron chi connectivity index (χ1n) is 4.58. The Labute approximate surface area is 92.7 Å². The highest BCUT2D eigenvalue weighted by Crippen LogP contribution is 2.32. The van der Waals surface area contributed by atoms with Gasteiger partial charge >= 0.3 is 0 Å². The van der Waals surface area contributed by atoms with Crippen LogP contribution in [0, 0.1) is 0 Å². The minimum absolute atomic E-state index is 0.0515. The zero-order valence-electron chi connectivity index (χ0n) is 9.17. The smallest absolute Gasteiger partial charge is 0.272 e. The summed E-state index contributed by atoms with van der Waals surface area (Å²) in [7, 11) is 2.87. The van der Waals surface area contributed by atoms with Gasteiger partial charge in [-0.15, -0.1) is 4.73 Å². The molecular formula is C9H15NO6. The Morgan fingerprint density at radius 3 is 2.56 bits per heavy atom. The van der Waals surface area contributed by atoms with Crippen LogP contribution >= 0.6 is 0 Å². The second-order valence-electron chi connectivity index (χ2n) is 2.83.